The lowest BCUT2D eigenvalue weighted by molar-refractivity contribution is 0.0686. The molecular weight excluding hydrogens is 358 g/mol. The van der Waals surface area contributed by atoms with Crippen molar-refractivity contribution in [2.75, 3.05) is 7.11 Å². The summed E-state index contributed by atoms with van der Waals surface area (Å²) < 4.78 is 13.3. The maximum absolute atomic E-state index is 12.2. The van der Waals surface area contributed by atoms with E-state index in [0.717, 1.165) is 0 Å². The first kappa shape index (κ1) is 18.3. The molecule has 0 saturated carbocycles. The van der Waals surface area contributed by atoms with Crippen molar-refractivity contribution in [3.05, 3.63) is 45.2 Å². The zero-order valence-electron chi connectivity index (χ0n) is 15.0. The van der Waals surface area contributed by atoms with Crippen molar-refractivity contribution < 1.29 is 19.4 Å². The summed E-state index contributed by atoms with van der Waals surface area (Å²) in [6.45, 7) is 6.51. The third-order valence-electron chi connectivity index (χ3n) is 4.49. The highest BCUT2D eigenvalue weighted by atomic mass is 35.5. The first-order chi connectivity index (χ1) is 12.1. The van der Waals surface area contributed by atoms with Crippen molar-refractivity contribution >= 4 is 17.6 Å². The molecule has 3 rings (SSSR count). The van der Waals surface area contributed by atoms with Crippen LogP contribution in [0.15, 0.2) is 29.2 Å². The maximum Gasteiger partial charge on any atom is 0.341 e. The van der Waals surface area contributed by atoms with Crippen LogP contribution in [0.4, 0.5) is 0 Å². The fraction of sp³-hybridized carbons (Fsp3) is 0.368. The number of benzene rings is 1. The number of hydrogen-bond donors (Lipinski definition) is 1. The molecule has 1 unspecified atom stereocenters. The topological polar surface area (TPSA) is 77.8 Å². The summed E-state index contributed by atoms with van der Waals surface area (Å²) in [5, 5.41) is 9.67. The van der Waals surface area contributed by atoms with Crippen LogP contribution in [0.5, 0.6) is 11.5 Å². The zero-order chi connectivity index (χ0) is 19.2. The first-order valence-electron chi connectivity index (χ1n) is 8.14. The summed E-state index contributed by atoms with van der Waals surface area (Å²) >= 11 is 6.27. The second kappa shape index (κ2) is 6.36. The molecule has 1 aromatic heterocycles. The molecule has 0 amide bonds. The van der Waals surface area contributed by atoms with E-state index < -0.39 is 11.4 Å². The van der Waals surface area contributed by atoms with Crippen LogP contribution in [0.1, 0.15) is 31.1 Å². The van der Waals surface area contributed by atoms with Crippen molar-refractivity contribution in [3.63, 3.8) is 0 Å². The Labute approximate surface area is 155 Å². The van der Waals surface area contributed by atoms with Gasteiger partial charge in [-0.15, -0.1) is 0 Å². The molecule has 2 aromatic rings. The molecule has 7 heteroatoms. The Balaban J connectivity index is 2.31. The number of fused-ring (bicyclic) bond motifs is 3. The molecule has 1 aliphatic rings. The Morgan fingerprint density at radius 3 is 2.62 bits per heavy atom. The number of carbonyl (C=O) groups is 1. The lowest BCUT2D eigenvalue weighted by atomic mass is 9.89. The van der Waals surface area contributed by atoms with Crippen molar-refractivity contribution in [2.24, 2.45) is 5.41 Å². The van der Waals surface area contributed by atoms with Crippen LogP contribution in [0.2, 0.25) is 5.02 Å². The minimum atomic E-state index is -1.25. The largest absolute Gasteiger partial charge is 0.495 e. The SMILES string of the molecule is COc1cc2c(cc1Cl)-c1cc(=O)c(C(=O)O)cn1CC(C(C)(C)C)O2. The highest BCUT2D eigenvalue weighted by Crippen LogP contribution is 2.42. The van der Waals surface area contributed by atoms with Gasteiger partial charge in [-0.05, 0) is 6.07 Å². The van der Waals surface area contributed by atoms with Gasteiger partial charge in [-0.3, -0.25) is 4.79 Å². The monoisotopic (exact) mass is 377 g/mol. The zero-order valence-corrected chi connectivity index (χ0v) is 15.8. The van der Waals surface area contributed by atoms with E-state index >= 15 is 0 Å². The highest BCUT2D eigenvalue weighted by Gasteiger charge is 2.32. The molecule has 1 aromatic carbocycles. The van der Waals surface area contributed by atoms with Crippen LogP contribution in [-0.2, 0) is 6.54 Å². The summed E-state index contributed by atoms with van der Waals surface area (Å²) in [5.41, 5.74) is 0.126. The molecule has 0 fully saturated rings. The molecule has 2 heterocycles. The maximum atomic E-state index is 12.2. The Kier molecular flexibility index (Phi) is 4.48. The van der Waals surface area contributed by atoms with E-state index in [1.54, 1.807) is 16.7 Å². The van der Waals surface area contributed by atoms with Gasteiger partial charge < -0.3 is 19.1 Å². The number of rotatable bonds is 2. The van der Waals surface area contributed by atoms with Crippen LogP contribution in [0.25, 0.3) is 11.3 Å². The van der Waals surface area contributed by atoms with Gasteiger partial charge in [-0.2, -0.15) is 0 Å². The van der Waals surface area contributed by atoms with E-state index in [4.69, 9.17) is 21.1 Å². The van der Waals surface area contributed by atoms with Crippen LogP contribution in [0.3, 0.4) is 0 Å². The molecule has 26 heavy (non-hydrogen) atoms. The minimum absolute atomic E-state index is 0.224. The minimum Gasteiger partial charge on any atom is -0.495 e. The molecule has 1 N–H and O–H groups in total. The number of carboxylic acid groups (broad SMARTS) is 1. The molecule has 0 bridgehead atoms. The van der Waals surface area contributed by atoms with Gasteiger partial charge in [0.05, 0.1) is 24.4 Å². The lowest BCUT2D eigenvalue weighted by Crippen LogP contribution is -2.35. The third kappa shape index (κ3) is 3.17. The molecule has 138 valence electrons. The van der Waals surface area contributed by atoms with Gasteiger partial charge in [0, 0.05) is 29.3 Å². The normalized spacial score (nSPS) is 16.1. The molecule has 0 saturated heterocycles. The summed E-state index contributed by atoms with van der Waals surface area (Å²) in [6, 6.07) is 4.69. The number of ether oxygens (including phenoxy) is 2. The highest BCUT2D eigenvalue weighted by molar-refractivity contribution is 6.32. The van der Waals surface area contributed by atoms with E-state index in [9.17, 15) is 14.7 Å². The van der Waals surface area contributed by atoms with E-state index in [1.165, 1.54) is 19.4 Å². The van der Waals surface area contributed by atoms with Gasteiger partial charge >= 0.3 is 5.97 Å². The first-order valence-corrected chi connectivity index (χ1v) is 8.52. The number of aromatic carboxylic acids is 1. The van der Waals surface area contributed by atoms with Crippen LogP contribution < -0.4 is 14.9 Å². The molecule has 0 spiro atoms. The van der Waals surface area contributed by atoms with Crippen LogP contribution in [0, 0.1) is 5.41 Å². The van der Waals surface area contributed by atoms with Crippen LogP contribution >= 0.6 is 11.6 Å². The Bertz CT molecular complexity index is 942. The number of aromatic nitrogens is 1. The number of carboxylic acids is 1. The standard InChI is InChI=1S/C19H20ClNO5/c1-19(2,3)17-9-21-8-11(18(23)24)14(22)6-13(21)10-5-12(20)16(25-4)7-15(10)26-17/h5-8,17H,9H2,1-4H3,(H,23,24). The molecule has 1 atom stereocenters. The summed E-state index contributed by atoms with van der Waals surface area (Å²) in [7, 11) is 1.52. The number of nitrogens with zero attached hydrogens (tertiary/aromatic N) is 1. The Hall–Kier alpha value is -2.47. The van der Waals surface area contributed by atoms with Crippen molar-refractivity contribution in [3.8, 4) is 22.8 Å². The average Bonchev–Trinajstić information content (AvgIpc) is 2.69. The molecule has 6 nitrogen and oxygen atoms in total. The van der Waals surface area contributed by atoms with Crippen molar-refractivity contribution in [2.45, 2.75) is 33.4 Å². The summed E-state index contributed by atoms with van der Waals surface area (Å²) in [4.78, 5) is 23.6. The lowest BCUT2D eigenvalue weighted by Gasteiger charge is -2.30. The summed E-state index contributed by atoms with van der Waals surface area (Å²) in [6.07, 6.45) is 1.12. The van der Waals surface area contributed by atoms with Gasteiger partial charge in [0.15, 0.2) is 5.43 Å². The number of hydrogen-bond acceptors (Lipinski definition) is 4. The van der Waals surface area contributed by atoms with Gasteiger partial charge in [0.25, 0.3) is 0 Å². The number of methoxy groups -OCH3 is 1. The third-order valence-corrected chi connectivity index (χ3v) is 4.78. The van der Waals surface area contributed by atoms with Crippen molar-refractivity contribution in [1.29, 1.82) is 0 Å². The molecular formula is C19H20ClNO5. The van der Waals surface area contributed by atoms with Crippen molar-refractivity contribution in [1.82, 2.24) is 4.57 Å². The predicted molar refractivity (Wildman–Crippen MR) is 98.5 cm³/mol. The van der Waals surface area contributed by atoms with Gasteiger partial charge in [-0.1, -0.05) is 32.4 Å². The van der Waals surface area contributed by atoms with Gasteiger partial charge in [0.2, 0.25) is 0 Å². The average molecular weight is 378 g/mol. The van der Waals surface area contributed by atoms with E-state index in [2.05, 4.69) is 0 Å². The Morgan fingerprint density at radius 2 is 2.04 bits per heavy atom. The molecule has 0 radical (unpaired) electrons. The smallest absolute Gasteiger partial charge is 0.341 e. The molecule has 0 aliphatic carbocycles. The van der Waals surface area contributed by atoms with Crippen LogP contribution in [-0.4, -0.2) is 28.9 Å². The number of pyridine rings is 1. The van der Waals surface area contributed by atoms with E-state index in [1.807, 2.05) is 20.8 Å². The fourth-order valence-electron chi connectivity index (χ4n) is 2.93. The fourth-order valence-corrected chi connectivity index (χ4v) is 3.17. The predicted octanol–water partition coefficient (Wildman–Crippen LogP) is 3.68. The van der Waals surface area contributed by atoms with Gasteiger partial charge in [0.1, 0.15) is 23.2 Å². The van der Waals surface area contributed by atoms with E-state index in [-0.39, 0.29) is 17.1 Å². The molecule has 1 aliphatic heterocycles. The van der Waals surface area contributed by atoms with Gasteiger partial charge in [-0.25, -0.2) is 4.79 Å². The Morgan fingerprint density at radius 1 is 1.35 bits per heavy atom. The second-order valence-electron chi connectivity index (χ2n) is 7.35. The second-order valence-corrected chi connectivity index (χ2v) is 7.76. The number of halogens is 1. The quantitative estimate of drug-likeness (QED) is 0.863. The van der Waals surface area contributed by atoms with E-state index in [0.29, 0.717) is 34.3 Å². The summed E-state index contributed by atoms with van der Waals surface area (Å²) in [5.74, 6) is -0.244.